The molecule has 5 rings (SSSR count). The van der Waals surface area contributed by atoms with Gasteiger partial charge in [0, 0.05) is 24.7 Å². The molecule has 0 saturated carbocycles. The molecule has 3 aromatic heterocycles. The molecule has 0 spiro atoms. The van der Waals surface area contributed by atoms with E-state index in [9.17, 15) is 0 Å². The van der Waals surface area contributed by atoms with E-state index in [1.807, 2.05) is 54.1 Å². The Morgan fingerprint density at radius 2 is 2.04 bits per heavy atom. The monoisotopic (exact) mass is 376 g/mol. The van der Waals surface area contributed by atoms with Gasteiger partial charge in [-0.2, -0.15) is 4.68 Å². The number of aromatic nitrogens is 6. The predicted molar refractivity (Wildman–Crippen MR) is 101 cm³/mol. The van der Waals surface area contributed by atoms with E-state index in [0.717, 1.165) is 54.0 Å². The van der Waals surface area contributed by atoms with Crippen LogP contribution >= 0.6 is 0 Å². The average molecular weight is 376 g/mol. The second-order valence-corrected chi connectivity index (χ2v) is 6.84. The van der Waals surface area contributed by atoms with Crippen LogP contribution in [0.25, 0.3) is 23.0 Å². The topological polar surface area (TPSA) is 83.8 Å². The molecule has 0 unspecified atom stereocenters. The Balaban J connectivity index is 1.49. The van der Waals surface area contributed by atoms with Gasteiger partial charge in [0.25, 0.3) is 0 Å². The van der Waals surface area contributed by atoms with Crippen LogP contribution in [-0.2, 0) is 4.74 Å². The summed E-state index contributed by atoms with van der Waals surface area (Å²) in [4.78, 5) is 4.51. The molecule has 0 amide bonds. The largest absolute Gasteiger partial charge is 0.455 e. The van der Waals surface area contributed by atoms with Crippen LogP contribution in [0.4, 0.5) is 0 Å². The van der Waals surface area contributed by atoms with Crippen LogP contribution in [0.1, 0.15) is 37.0 Å². The summed E-state index contributed by atoms with van der Waals surface area (Å²) in [5.74, 6) is 3.05. The van der Waals surface area contributed by atoms with Crippen molar-refractivity contribution in [3.05, 3.63) is 60.4 Å². The van der Waals surface area contributed by atoms with Gasteiger partial charge in [-0.15, -0.1) is 5.10 Å². The van der Waals surface area contributed by atoms with Gasteiger partial charge in [0.15, 0.2) is 17.4 Å². The van der Waals surface area contributed by atoms with E-state index < -0.39 is 0 Å². The zero-order valence-corrected chi connectivity index (χ0v) is 15.5. The third-order valence-electron chi connectivity index (χ3n) is 4.96. The maximum Gasteiger partial charge on any atom is 0.180 e. The minimum Gasteiger partial charge on any atom is -0.455 e. The number of aryl methyl sites for hydroxylation is 1. The zero-order chi connectivity index (χ0) is 18.9. The van der Waals surface area contributed by atoms with Gasteiger partial charge >= 0.3 is 0 Å². The highest BCUT2D eigenvalue weighted by Crippen LogP contribution is 2.32. The first kappa shape index (κ1) is 16.9. The molecule has 1 saturated heterocycles. The summed E-state index contributed by atoms with van der Waals surface area (Å²) in [6.45, 7) is 2.66. The number of hydrogen-bond acceptors (Lipinski definition) is 6. The highest BCUT2D eigenvalue weighted by Gasteiger charge is 2.21. The molecule has 1 aliphatic rings. The lowest BCUT2D eigenvalue weighted by Gasteiger charge is -2.20. The van der Waals surface area contributed by atoms with Gasteiger partial charge in [-0.3, -0.25) is 4.57 Å². The van der Waals surface area contributed by atoms with Crippen molar-refractivity contribution in [2.45, 2.75) is 32.3 Å². The van der Waals surface area contributed by atoms with E-state index in [1.54, 1.807) is 10.9 Å². The molecule has 0 radical (unpaired) electrons. The third-order valence-corrected chi connectivity index (χ3v) is 4.96. The second-order valence-electron chi connectivity index (χ2n) is 6.84. The van der Waals surface area contributed by atoms with Crippen molar-refractivity contribution in [2.75, 3.05) is 6.61 Å². The number of hydrogen-bond donors (Lipinski definition) is 0. The summed E-state index contributed by atoms with van der Waals surface area (Å²) in [6, 6.07) is 11.9. The number of tetrazole rings is 1. The van der Waals surface area contributed by atoms with E-state index in [-0.39, 0.29) is 6.10 Å². The molecule has 28 heavy (non-hydrogen) atoms. The van der Waals surface area contributed by atoms with Crippen molar-refractivity contribution < 1.29 is 9.15 Å². The Bertz CT molecular complexity index is 1090. The molecule has 0 N–H and O–H groups in total. The summed E-state index contributed by atoms with van der Waals surface area (Å²) in [6.07, 6.45) is 7.00. The Kier molecular flexibility index (Phi) is 4.25. The SMILES string of the molecule is Cc1nnnn1-c1cccc(-n2ccnc2-c2ccc([C@H]3CCCCO3)o2)c1. The lowest BCUT2D eigenvalue weighted by molar-refractivity contribution is 0.00219. The fourth-order valence-corrected chi connectivity index (χ4v) is 3.55. The van der Waals surface area contributed by atoms with Crippen molar-refractivity contribution in [3.63, 3.8) is 0 Å². The van der Waals surface area contributed by atoms with Crippen molar-refractivity contribution in [1.82, 2.24) is 29.8 Å². The van der Waals surface area contributed by atoms with Crippen LogP contribution in [-0.4, -0.2) is 36.4 Å². The van der Waals surface area contributed by atoms with Crippen molar-refractivity contribution in [2.24, 2.45) is 0 Å². The summed E-state index contributed by atoms with van der Waals surface area (Å²) in [5.41, 5.74) is 1.84. The first-order valence-electron chi connectivity index (χ1n) is 9.40. The standard InChI is InChI=1S/C20H20N6O2/c1-14-22-23-24-26(14)16-6-4-5-15(13-16)25-11-10-21-20(25)19-9-8-18(28-19)17-7-2-3-12-27-17/h4-6,8-11,13,17H,2-3,7,12H2,1H3/t17-/m1/s1. The summed E-state index contributed by atoms with van der Waals surface area (Å²) in [5, 5.41) is 11.7. The second kappa shape index (κ2) is 7.05. The van der Waals surface area contributed by atoms with Gasteiger partial charge < -0.3 is 9.15 Å². The van der Waals surface area contributed by atoms with Crippen molar-refractivity contribution in [3.8, 4) is 23.0 Å². The zero-order valence-electron chi connectivity index (χ0n) is 15.5. The van der Waals surface area contributed by atoms with Crippen LogP contribution in [0.3, 0.4) is 0 Å². The van der Waals surface area contributed by atoms with Crippen LogP contribution in [0.2, 0.25) is 0 Å². The number of nitrogens with zero attached hydrogens (tertiary/aromatic N) is 6. The quantitative estimate of drug-likeness (QED) is 0.540. The molecule has 142 valence electrons. The first-order valence-corrected chi connectivity index (χ1v) is 9.40. The maximum atomic E-state index is 6.11. The van der Waals surface area contributed by atoms with E-state index in [4.69, 9.17) is 9.15 Å². The number of furan rings is 1. The number of rotatable bonds is 4. The van der Waals surface area contributed by atoms with Gasteiger partial charge in [0.2, 0.25) is 0 Å². The normalized spacial score (nSPS) is 17.1. The van der Waals surface area contributed by atoms with Gasteiger partial charge in [-0.05, 0) is 66.9 Å². The van der Waals surface area contributed by atoms with Gasteiger partial charge in [-0.25, -0.2) is 4.98 Å². The van der Waals surface area contributed by atoms with Gasteiger partial charge in [0.05, 0.1) is 5.69 Å². The molecule has 8 heteroatoms. The van der Waals surface area contributed by atoms with E-state index in [0.29, 0.717) is 0 Å². The third kappa shape index (κ3) is 3.01. The minimum atomic E-state index is 0.0389. The van der Waals surface area contributed by atoms with Gasteiger partial charge in [0.1, 0.15) is 11.9 Å². The summed E-state index contributed by atoms with van der Waals surface area (Å²) in [7, 11) is 0. The van der Waals surface area contributed by atoms with Crippen LogP contribution < -0.4 is 0 Å². The molecular formula is C20H20N6O2. The first-order chi connectivity index (χ1) is 13.8. The molecule has 8 nitrogen and oxygen atoms in total. The molecule has 0 aliphatic carbocycles. The fourth-order valence-electron chi connectivity index (χ4n) is 3.55. The average Bonchev–Trinajstić information content (AvgIpc) is 3.49. The van der Waals surface area contributed by atoms with E-state index >= 15 is 0 Å². The predicted octanol–water partition coefficient (Wildman–Crippen LogP) is 3.66. The highest BCUT2D eigenvalue weighted by atomic mass is 16.5. The number of ether oxygens (including phenoxy) is 1. The van der Waals surface area contributed by atoms with Crippen LogP contribution in [0.15, 0.2) is 53.2 Å². The van der Waals surface area contributed by atoms with Crippen LogP contribution in [0.5, 0.6) is 0 Å². The van der Waals surface area contributed by atoms with Crippen LogP contribution in [0, 0.1) is 6.92 Å². The minimum absolute atomic E-state index is 0.0389. The van der Waals surface area contributed by atoms with E-state index in [1.165, 1.54) is 6.42 Å². The molecule has 1 fully saturated rings. The smallest absolute Gasteiger partial charge is 0.180 e. The van der Waals surface area contributed by atoms with Crippen molar-refractivity contribution in [1.29, 1.82) is 0 Å². The molecule has 1 aromatic carbocycles. The molecular weight excluding hydrogens is 356 g/mol. The lowest BCUT2D eigenvalue weighted by Crippen LogP contribution is -2.10. The lowest BCUT2D eigenvalue weighted by atomic mass is 10.1. The Labute approximate surface area is 161 Å². The molecule has 1 atom stereocenters. The van der Waals surface area contributed by atoms with E-state index in [2.05, 4.69) is 20.5 Å². The molecule has 4 aromatic rings. The molecule has 0 bridgehead atoms. The number of benzene rings is 1. The summed E-state index contributed by atoms with van der Waals surface area (Å²) < 4.78 is 15.6. The fraction of sp³-hybridized carbons (Fsp3) is 0.300. The summed E-state index contributed by atoms with van der Waals surface area (Å²) >= 11 is 0. The Hall–Kier alpha value is -3.26. The number of imidazole rings is 1. The van der Waals surface area contributed by atoms with Crippen molar-refractivity contribution >= 4 is 0 Å². The Morgan fingerprint density at radius 1 is 1.11 bits per heavy atom. The molecule has 4 heterocycles. The van der Waals surface area contributed by atoms with Gasteiger partial charge in [-0.1, -0.05) is 6.07 Å². The maximum absolute atomic E-state index is 6.11. The molecule has 1 aliphatic heterocycles. The Morgan fingerprint density at radius 3 is 2.86 bits per heavy atom. The highest BCUT2D eigenvalue weighted by molar-refractivity contribution is 5.54.